The molecule has 0 amide bonds. The van der Waals surface area contributed by atoms with Crippen molar-refractivity contribution in [2.45, 2.75) is 19.8 Å². The molecule has 72 valence electrons. The summed E-state index contributed by atoms with van der Waals surface area (Å²) < 4.78 is 0. The quantitative estimate of drug-likeness (QED) is 0.678. The van der Waals surface area contributed by atoms with Crippen LogP contribution in [0, 0.1) is 0 Å². The molecule has 0 aliphatic carbocycles. The fraction of sp³-hybridized carbons (Fsp3) is 0.400. The molecule has 0 radical (unpaired) electrons. The Bertz CT molecular complexity index is 246. The highest BCUT2D eigenvalue weighted by Crippen LogP contribution is 2.68. The van der Waals surface area contributed by atoms with Gasteiger partial charge in [0, 0.05) is 0 Å². The first-order valence-corrected chi connectivity index (χ1v) is 8.28. The first-order valence-electron chi connectivity index (χ1n) is 4.50. The third kappa shape index (κ3) is 3.46. The minimum absolute atomic E-state index is 0.927. The largest absolute Gasteiger partial charge is 0.243 e. The predicted molar refractivity (Wildman–Crippen MR) is 64.5 cm³/mol. The molecule has 1 aromatic rings. The van der Waals surface area contributed by atoms with E-state index in [0.717, 1.165) is 24.3 Å². The lowest BCUT2D eigenvalue weighted by Gasteiger charge is -2.08. The smallest absolute Gasteiger partial charge is 0.0652 e. The van der Waals surface area contributed by atoms with Gasteiger partial charge in [-0.15, -0.1) is 0 Å². The molecule has 3 heteroatoms. The van der Waals surface area contributed by atoms with E-state index in [0.29, 0.717) is 0 Å². The minimum Gasteiger partial charge on any atom is -0.0652 e. The van der Waals surface area contributed by atoms with Crippen molar-refractivity contribution in [3.8, 4) is 0 Å². The van der Waals surface area contributed by atoms with E-state index in [1.54, 1.807) is 0 Å². The van der Waals surface area contributed by atoms with Crippen molar-refractivity contribution >= 4 is 33.8 Å². The van der Waals surface area contributed by atoms with Crippen LogP contribution in [0.25, 0.3) is 0 Å². The van der Waals surface area contributed by atoms with E-state index in [1.807, 2.05) is 30.3 Å². The fourth-order valence-corrected chi connectivity index (χ4v) is 4.11. The normalized spacial score (nSPS) is 11.6. The molecule has 0 nitrogen and oxygen atoms in total. The molecule has 0 spiro atoms. The number of hydrogen-bond donors (Lipinski definition) is 0. The molecule has 0 aliphatic heterocycles. The number of halogens is 2. The van der Waals surface area contributed by atoms with Crippen LogP contribution in [-0.2, 0) is 0 Å². The van der Waals surface area contributed by atoms with Gasteiger partial charge in [0.2, 0.25) is 5.97 Å². The average Bonchev–Trinajstić information content (AvgIpc) is 2.16. The van der Waals surface area contributed by atoms with Gasteiger partial charge in [-0.05, 0) is 18.6 Å². The van der Waals surface area contributed by atoms with E-state index < -0.39 is 5.97 Å². The second-order valence-corrected chi connectivity index (χ2v) is 9.25. The van der Waals surface area contributed by atoms with Crippen LogP contribution in [0.3, 0.4) is 0 Å². The molecule has 0 saturated carbocycles. The monoisotopic (exact) mass is 235 g/mol. The van der Waals surface area contributed by atoms with Crippen molar-refractivity contribution in [2.24, 2.45) is 0 Å². The molecular weight excluding hydrogens is 222 g/mol. The lowest BCUT2D eigenvalue weighted by atomic mass is 10.4. The van der Waals surface area contributed by atoms with Gasteiger partial charge in [-0.25, -0.2) is 0 Å². The van der Waals surface area contributed by atoms with Crippen molar-refractivity contribution < 1.29 is 0 Å². The van der Waals surface area contributed by atoms with Crippen LogP contribution in [-0.4, -0.2) is 6.16 Å². The molecule has 0 atom stereocenters. The van der Waals surface area contributed by atoms with Gasteiger partial charge in [-0.1, -0.05) is 31.5 Å². The second kappa shape index (κ2) is 5.20. The summed E-state index contributed by atoms with van der Waals surface area (Å²) >= 11 is 12.6. The number of unbranched alkanes of at least 4 members (excludes halogenated alkanes) is 1. The molecule has 0 aromatic heterocycles. The molecule has 0 aliphatic rings. The zero-order chi connectivity index (χ0) is 9.73. The Morgan fingerprint density at radius 1 is 1.15 bits per heavy atom. The van der Waals surface area contributed by atoms with Crippen LogP contribution < -0.4 is 5.30 Å². The number of hydrogen-bond acceptors (Lipinski definition) is 0. The Morgan fingerprint density at radius 3 is 2.31 bits per heavy atom. The molecule has 0 unspecified atom stereocenters. The number of rotatable bonds is 4. The lowest BCUT2D eigenvalue weighted by Crippen LogP contribution is -2.04. The summed E-state index contributed by atoms with van der Waals surface area (Å²) in [7, 11) is 0. The molecule has 0 bridgehead atoms. The van der Waals surface area contributed by atoms with Gasteiger partial charge < -0.3 is 0 Å². The summed E-state index contributed by atoms with van der Waals surface area (Å²) in [6.45, 7) is 2.15. The maximum atomic E-state index is 6.32. The van der Waals surface area contributed by atoms with Crippen LogP contribution in [0.4, 0.5) is 0 Å². The first-order chi connectivity index (χ1) is 6.17. The highest BCUT2D eigenvalue weighted by molar-refractivity contribution is 8.21. The van der Waals surface area contributed by atoms with Crippen LogP contribution in [0.1, 0.15) is 19.8 Å². The molecule has 13 heavy (non-hydrogen) atoms. The van der Waals surface area contributed by atoms with Gasteiger partial charge in [0.25, 0.3) is 0 Å². The molecule has 1 rings (SSSR count). The summed E-state index contributed by atoms with van der Waals surface area (Å²) in [4.78, 5) is 0. The van der Waals surface area contributed by atoms with Crippen LogP contribution in [0.15, 0.2) is 30.3 Å². The summed E-state index contributed by atoms with van der Waals surface area (Å²) in [5.74, 6) is -1.87. The Hall–Kier alpha value is 0.230. The first kappa shape index (κ1) is 11.3. The third-order valence-electron chi connectivity index (χ3n) is 1.93. The molecule has 0 fully saturated rings. The summed E-state index contributed by atoms with van der Waals surface area (Å²) in [6, 6.07) is 9.99. The molecule has 0 heterocycles. The van der Waals surface area contributed by atoms with Gasteiger partial charge in [0.15, 0.2) is 0 Å². The molecule has 1 aromatic carbocycles. The van der Waals surface area contributed by atoms with Crippen molar-refractivity contribution in [1.82, 2.24) is 0 Å². The Kier molecular flexibility index (Phi) is 4.52. The topological polar surface area (TPSA) is 0 Å². The maximum Gasteiger partial charge on any atom is 0.243 e. The predicted octanol–water partition coefficient (Wildman–Crippen LogP) is 4.44. The fourth-order valence-electron chi connectivity index (χ4n) is 1.13. The Labute approximate surface area is 90.2 Å². The Morgan fingerprint density at radius 2 is 1.77 bits per heavy atom. The van der Waals surface area contributed by atoms with Gasteiger partial charge >= 0.3 is 0 Å². The number of benzene rings is 1. The van der Waals surface area contributed by atoms with Gasteiger partial charge in [-0.3, -0.25) is 0 Å². The molecule has 0 N–H and O–H groups in total. The van der Waals surface area contributed by atoms with Gasteiger partial charge in [0.1, 0.15) is 27.8 Å². The van der Waals surface area contributed by atoms with Gasteiger partial charge in [-0.2, -0.15) is 0 Å². The van der Waals surface area contributed by atoms with E-state index in [9.17, 15) is 0 Å². The van der Waals surface area contributed by atoms with Crippen molar-refractivity contribution in [2.75, 3.05) is 6.16 Å². The average molecular weight is 236 g/mol. The summed E-state index contributed by atoms with van der Waals surface area (Å²) in [5.41, 5.74) is 0. The van der Waals surface area contributed by atoms with E-state index in [1.165, 1.54) is 0 Å². The van der Waals surface area contributed by atoms with Gasteiger partial charge in [0.05, 0.1) is 6.16 Å². The standard InChI is InChI=1S/C10H14Cl2P/c1-2-3-9-13(11,12)10-7-5-4-6-8-10/h4-8H,2-3,9H2,1H3/q+1. The van der Waals surface area contributed by atoms with Crippen molar-refractivity contribution in [3.05, 3.63) is 30.3 Å². The van der Waals surface area contributed by atoms with Crippen LogP contribution in [0.2, 0.25) is 0 Å². The highest BCUT2D eigenvalue weighted by atomic mass is 35.9. The van der Waals surface area contributed by atoms with Crippen LogP contribution >= 0.6 is 28.4 Å². The Balaban J connectivity index is 2.69. The summed E-state index contributed by atoms with van der Waals surface area (Å²) in [5, 5.41) is 1.10. The summed E-state index contributed by atoms with van der Waals surface area (Å²) in [6.07, 6.45) is 3.18. The second-order valence-electron chi connectivity index (χ2n) is 3.04. The van der Waals surface area contributed by atoms with Crippen molar-refractivity contribution in [1.29, 1.82) is 0 Å². The third-order valence-corrected chi connectivity index (χ3v) is 6.04. The van der Waals surface area contributed by atoms with Crippen LogP contribution in [0.5, 0.6) is 0 Å². The zero-order valence-electron chi connectivity index (χ0n) is 7.71. The maximum absolute atomic E-state index is 6.32. The highest BCUT2D eigenvalue weighted by Gasteiger charge is 2.36. The SMILES string of the molecule is CCCC[P+](Cl)(Cl)c1ccccc1. The molecule has 0 saturated heterocycles. The van der Waals surface area contributed by atoms with Crippen molar-refractivity contribution in [3.63, 3.8) is 0 Å². The van der Waals surface area contributed by atoms with E-state index in [4.69, 9.17) is 22.5 Å². The lowest BCUT2D eigenvalue weighted by molar-refractivity contribution is 0.893. The van der Waals surface area contributed by atoms with E-state index in [2.05, 4.69) is 6.92 Å². The zero-order valence-corrected chi connectivity index (χ0v) is 10.1. The minimum atomic E-state index is -1.87. The molecular formula is C10H14Cl2P+. The van der Waals surface area contributed by atoms with E-state index >= 15 is 0 Å². The van der Waals surface area contributed by atoms with E-state index in [-0.39, 0.29) is 0 Å².